The fraction of sp³-hybridized carbons (Fsp3) is 0.786. The summed E-state index contributed by atoms with van der Waals surface area (Å²) in [6, 6.07) is 0.183. The first-order valence-corrected chi connectivity index (χ1v) is 8.09. The van der Waals surface area contributed by atoms with E-state index in [1.807, 2.05) is 11.3 Å². The molecule has 1 unspecified atom stereocenters. The Morgan fingerprint density at radius 3 is 2.89 bits per heavy atom. The average molecular weight is 265 g/mol. The Bertz CT molecular complexity index is 411. The summed E-state index contributed by atoms with van der Waals surface area (Å²) in [5.74, 6) is 0.922. The number of aryl methyl sites for hydroxylation is 1. The molecule has 1 aromatic heterocycles. The second-order valence-electron chi connectivity index (χ2n) is 5.69. The summed E-state index contributed by atoms with van der Waals surface area (Å²) in [4.78, 5) is 8.79. The van der Waals surface area contributed by atoms with Crippen LogP contribution in [0.2, 0.25) is 0 Å². The summed E-state index contributed by atoms with van der Waals surface area (Å²) in [5.41, 5.74) is 7.37. The molecule has 1 atom stereocenters. The lowest BCUT2D eigenvalue weighted by Crippen LogP contribution is -2.26. The number of anilines is 1. The molecule has 2 N–H and O–H groups in total. The van der Waals surface area contributed by atoms with Gasteiger partial charge in [-0.1, -0.05) is 6.92 Å². The van der Waals surface area contributed by atoms with Crippen molar-refractivity contribution in [1.29, 1.82) is 0 Å². The number of hydrogen-bond donors (Lipinski definition) is 1. The molecular formula is C14H23N3S. The van der Waals surface area contributed by atoms with Crippen LogP contribution in [-0.4, -0.2) is 18.1 Å². The van der Waals surface area contributed by atoms with Gasteiger partial charge in [0.15, 0.2) is 5.13 Å². The molecule has 0 spiro atoms. The van der Waals surface area contributed by atoms with Gasteiger partial charge in [-0.05, 0) is 44.4 Å². The zero-order valence-electron chi connectivity index (χ0n) is 11.2. The highest BCUT2D eigenvalue weighted by atomic mass is 32.1. The lowest BCUT2D eigenvalue weighted by molar-refractivity contribution is 0.563. The number of nitrogens with two attached hydrogens (primary N) is 1. The van der Waals surface area contributed by atoms with Crippen LogP contribution in [-0.2, 0) is 6.42 Å². The van der Waals surface area contributed by atoms with Crippen LogP contribution in [0.3, 0.4) is 0 Å². The summed E-state index contributed by atoms with van der Waals surface area (Å²) in [6.07, 6.45) is 7.53. The van der Waals surface area contributed by atoms with Gasteiger partial charge in [-0.25, -0.2) is 4.98 Å². The lowest BCUT2D eigenvalue weighted by atomic mass is 9.99. The molecule has 0 radical (unpaired) electrons. The van der Waals surface area contributed by atoms with E-state index in [1.54, 1.807) is 0 Å². The molecule has 0 saturated heterocycles. The maximum Gasteiger partial charge on any atom is 0.185 e. The van der Waals surface area contributed by atoms with Crippen molar-refractivity contribution in [2.45, 2.75) is 51.5 Å². The summed E-state index contributed by atoms with van der Waals surface area (Å²) < 4.78 is 0. The van der Waals surface area contributed by atoms with Crippen molar-refractivity contribution >= 4 is 16.5 Å². The molecular weight excluding hydrogens is 242 g/mol. The van der Waals surface area contributed by atoms with Crippen molar-refractivity contribution in [3.05, 3.63) is 10.6 Å². The number of nitrogens with zero attached hydrogens (tertiary/aromatic N) is 2. The third-order valence-electron chi connectivity index (χ3n) is 3.93. The average Bonchev–Trinajstić information content (AvgIpc) is 3.06. The first-order valence-electron chi connectivity index (χ1n) is 7.28. The first kappa shape index (κ1) is 12.4. The molecule has 1 heterocycles. The predicted octanol–water partition coefficient (Wildman–Crippen LogP) is 3.11. The van der Waals surface area contributed by atoms with E-state index in [9.17, 15) is 0 Å². The maximum absolute atomic E-state index is 6.17. The van der Waals surface area contributed by atoms with Crippen molar-refractivity contribution in [2.24, 2.45) is 11.7 Å². The van der Waals surface area contributed by atoms with Gasteiger partial charge in [-0.2, -0.15) is 0 Å². The van der Waals surface area contributed by atoms with Gasteiger partial charge in [0.05, 0.1) is 5.69 Å². The Kier molecular flexibility index (Phi) is 3.57. The molecule has 0 aliphatic heterocycles. The molecule has 2 aliphatic rings. The van der Waals surface area contributed by atoms with Crippen molar-refractivity contribution < 1.29 is 0 Å². The van der Waals surface area contributed by atoms with E-state index in [0.717, 1.165) is 18.9 Å². The quantitative estimate of drug-likeness (QED) is 0.889. The van der Waals surface area contributed by atoms with Gasteiger partial charge in [-0.3, -0.25) is 0 Å². The highest BCUT2D eigenvalue weighted by Crippen LogP contribution is 2.37. The van der Waals surface area contributed by atoms with Gasteiger partial charge >= 0.3 is 0 Å². The molecule has 18 heavy (non-hydrogen) atoms. The molecule has 0 bridgehead atoms. The Morgan fingerprint density at radius 1 is 1.39 bits per heavy atom. The fourth-order valence-electron chi connectivity index (χ4n) is 2.72. The van der Waals surface area contributed by atoms with E-state index in [1.165, 1.54) is 54.4 Å². The van der Waals surface area contributed by atoms with Crippen molar-refractivity contribution in [3.8, 4) is 0 Å². The molecule has 0 amide bonds. The van der Waals surface area contributed by atoms with E-state index in [0.29, 0.717) is 0 Å². The zero-order valence-corrected chi connectivity index (χ0v) is 12.0. The molecule has 1 aromatic rings. The van der Waals surface area contributed by atoms with E-state index < -0.39 is 0 Å². The second kappa shape index (κ2) is 5.17. The standard InChI is InChI=1S/C14H23N3S/c1-2-8-17(9-10-6-7-10)14-16-13-11(15)4-3-5-12(13)18-14/h10-11H,2-9,15H2,1H3. The van der Waals surface area contributed by atoms with E-state index in [2.05, 4.69) is 11.8 Å². The normalized spacial score (nSPS) is 22.9. The minimum absolute atomic E-state index is 0.183. The van der Waals surface area contributed by atoms with Crippen LogP contribution in [0.25, 0.3) is 0 Å². The summed E-state index contributed by atoms with van der Waals surface area (Å²) >= 11 is 1.89. The first-order chi connectivity index (χ1) is 8.78. The van der Waals surface area contributed by atoms with Crippen LogP contribution < -0.4 is 10.6 Å². The Labute approximate surface area is 113 Å². The molecule has 0 aromatic carbocycles. The summed E-state index contributed by atoms with van der Waals surface area (Å²) in [5, 5.41) is 1.23. The van der Waals surface area contributed by atoms with Crippen LogP contribution in [0.1, 0.15) is 55.6 Å². The Balaban J connectivity index is 1.80. The van der Waals surface area contributed by atoms with Crippen LogP contribution in [0.15, 0.2) is 0 Å². The van der Waals surface area contributed by atoms with Crippen LogP contribution in [0.5, 0.6) is 0 Å². The fourth-order valence-corrected chi connectivity index (χ4v) is 3.93. The minimum Gasteiger partial charge on any atom is -0.348 e. The highest BCUT2D eigenvalue weighted by Gasteiger charge is 2.28. The van der Waals surface area contributed by atoms with Gasteiger partial charge in [-0.15, -0.1) is 11.3 Å². The monoisotopic (exact) mass is 265 g/mol. The second-order valence-corrected chi connectivity index (χ2v) is 6.76. The number of rotatable bonds is 5. The third kappa shape index (κ3) is 2.54. The molecule has 3 rings (SSSR count). The summed E-state index contributed by atoms with van der Waals surface area (Å²) in [7, 11) is 0. The maximum atomic E-state index is 6.17. The van der Waals surface area contributed by atoms with E-state index in [-0.39, 0.29) is 6.04 Å². The predicted molar refractivity (Wildman–Crippen MR) is 77.2 cm³/mol. The van der Waals surface area contributed by atoms with Gasteiger partial charge in [0, 0.05) is 24.0 Å². The highest BCUT2D eigenvalue weighted by molar-refractivity contribution is 7.15. The summed E-state index contributed by atoms with van der Waals surface area (Å²) in [6.45, 7) is 4.59. The van der Waals surface area contributed by atoms with Gasteiger partial charge in [0.2, 0.25) is 0 Å². The number of fused-ring (bicyclic) bond motifs is 1. The molecule has 1 saturated carbocycles. The number of thiazole rings is 1. The molecule has 4 heteroatoms. The van der Waals surface area contributed by atoms with Gasteiger partial charge < -0.3 is 10.6 Å². The Morgan fingerprint density at radius 2 is 2.22 bits per heavy atom. The smallest absolute Gasteiger partial charge is 0.185 e. The zero-order chi connectivity index (χ0) is 12.5. The lowest BCUT2D eigenvalue weighted by Gasteiger charge is -2.20. The van der Waals surface area contributed by atoms with Crippen LogP contribution >= 0.6 is 11.3 Å². The molecule has 1 fully saturated rings. The number of hydrogen-bond acceptors (Lipinski definition) is 4. The van der Waals surface area contributed by atoms with E-state index >= 15 is 0 Å². The van der Waals surface area contributed by atoms with Crippen LogP contribution in [0, 0.1) is 5.92 Å². The van der Waals surface area contributed by atoms with Crippen molar-refractivity contribution in [3.63, 3.8) is 0 Å². The van der Waals surface area contributed by atoms with E-state index in [4.69, 9.17) is 10.7 Å². The largest absolute Gasteiger partial charge is 0.348 e. The van der Waals surface area contributed by atoms with Crippen molar-refractivity contribution in [2.75, 3.05) is 18.0 Å². The van der Waals surface area contributed by atoms with Gasteiger partial charge in [0.25, 0.3) is 0 Å². The Hall–Kier alpha value is -0.610. The topological polar surface area (TPSA) is 42.2 Å². The molecule has 100 valence electrons. The molecule has 3 nitrogen and oxygen atoms in total. The van der Waals surface area contributed by atoms with Gasteiger partial charge in [0.1, 0.15) is 0 Å². The van der Waals surface area contributed by atoms with Crippen molar-refractivity contribution in [1.82, 2.24) is 4.98 Å². The van der Waals surface area contributed by atoms with Crippen LogP contribution in [0.4, 0.5) is 5.13 Å². The SMILES string of the molecule is CCCN(CC1CC1)c1nc2c(s1)CCCC2N. The minimum atomic E-state index is 0.183. The third-order valence-corrected chi connectivity index (χ3v) is 5.12. The number of aromatic nitrogens is 1. The molecule has 2 aliphatic carbocycles.